The fraction of sp³-hybridized carbons (Fsp3) is 0.182. The first kappa shape index (κ1) is 13.3. The van der Waals surface area contributed by atoms with Crippen LogP contribution in [0.1, 0.15) is 11.3 Å². The smallest absolute Gasteiger partial charge is 0.333 e. The van der Waals surface area contributed by atoms with Gasteiger partial charge < -0.3 is 5.73 Å². The zero-order valence-electron chi connectivity index (χ0n) is 9.93. The van der Waals surface area contributed by atoms with Gasteiger partial charge in [0, 0.05) is 5.02 Å². The Morgan fingerprint density at radius 3 is 2.79 bits per heavy atom. The van der Waals surface area contributed by atoms with E-state index in [2.05, 4.69) is 5.10 Å². The largest absolute Gasteiger partial charge is 0.378 e. The monoisotopic (exact) mass is 284 g/mol. The van der Waals surface area contributed by atoms with Crippen LogP contribution in [0.4, 0.5) is 15.9 Å². The summed E-state index contributed by atoms with van der Waals surface area (Å²) < 4.78 is 14.2. The standard InChI is InChI=1S/C11H10ClFN4O2/c1-6-10(17(18)19)11(14)16(15-6)5-7-2-3-8(13)4-9(7)12/h2-4H,5,14H2,1H3. The first-order valence-electron chi connectivity index (χ1n) is 5.31. The highest BCUT2D eigenvalue weighted by Gasteiger charge is 2.23. The van der Waals surface area contributed by atoms with Crippen molar-refractivity contribution in [2.75, 3.05) is 5.73 Å². The van der Waals surface area contributed by atoms with Gasteiger partial charge in [0.1, 0.15) is 11.5 Å². The van der Waals surface area contributed by atoms with E-state index in [1.54, 1.807) is 0 Å². The van der Waals surface area contributed by atoms with Crippen LogP contribution in [0.15, 0.2) is 18.2 Å². The van der Waals surface area contributed by atoms with E-state index in [1.165, 1.54) is 23.7 Å². The van der Waals surface area contributed by atoms with Crippen LogP contribution in [0, 0.1) is 22.9 Å². The number of nitro groups is 1. The maximum Gasteiger partial charge on any atom is 0.333 e. The van der Waals surface area contributed by atoms with Gasteiger partial charge in [0.2, 0.25) is 5.82 Å². The molecule has 0 atom stereocenters. The van der Waals surface area contributed by atoms with E-state index in [9.17, 15) is 14.5 Å². The first-order valence-corrected chi connectivity index (χ1v) is 5.69. The molecule has 19 heavy (non-hydrogen) atoms. The van der Waals surface area contributed by atoms with Crippen molar-refractivity contribution in [3.8, 4) is 0 Å². The minimum Gasteiger partial charge on any atom is -0.378 e. The molecule has 0 aliphatic heterocycles. The van der Waals surface area contributed by atoms with Gasteiger partial charge >= 0.3 is 5.69 Å². The maximum absolute atomic E-state index is 12.9. The lowest BCUT2D eigenvalue weighted by Gasteiger charge is -2.05. The quantitative estimate of drug-likeness (QED) is 0.693. The van der Waals surface area contributed by atoms with E-state index >= 15 is 0 Å². The number of benzene rings is 1. The Hall–Kier alpha value is -2.15. The van der Waals surface area contributed by atoms with Gasteiger partial charge in [-0.2, -0.15) is 5.10 Å². The van der Waals surface area contributed by atoms with E-state index in [0.29, 0.717) is 5.56 Å². The van der Waals surface area contributed by atoms with Crippen LogP contribution in [-0.2, 0) is 6.54 Å². The fourth-order valence-electron chi connectivity index (χ4n) is 1.75. The van der Waals surface area contributed by atoms with Crippen molar-refractivity contribution in [1.29, 1.82) is 0 Å². The van der Waals surface area contributed by atoms with E-state index in [-0.39, 0.29) is 28.8 Å². The Balaban J connectivity index is 2.39. The molecule has 1 heterocycles. The summed E-state index contributed by atoms with van der Waals surface area (Å²) in [7, 11) is 0. The molecule has 0 radical (unpaired) electrons. The average molecular weight is 285 g/mol. The highest BCUT2D eigenvalue weighted by molar-refractivity contribution is 6.31. The van der Waals surface area contributed by atoms with Crippen LogP contribution in [0.25, 0.3) is 0 Å². The van der Waals surface area contributed by atoms with Gasteiger partial charge in [-0.3, -0.25) is 10.1 Å². The summed E-state index contributed by atoms with van der Waals surface area (Å²) in [5, 5.41) is 15.0. The minimum absolute atomic E-state index is 0.0529. The van der Waals surface area contributed by atoms with Crippen molar-refractivity contribution >= 4 is 23.1 Å². The zero-order chi connectivity index (χ0) is 14.2. The van der Waals surface area contributed by atoms with Gasteiger partial charge in [0.25, 0.3) is 0 Å². The number of rotatable bonds is 3. The number of anilines is 1. The summed E-state index contributed by atoms with van der Waals surface area (Å²) in [4.78, 5) is 10.2. The molecule has 1 aromatic carbocycles. The van der Waals surface area contributed by atoms with Gasteiger partial charge in [-0.05, 0) is 24.6 Å². The zero-order valence-corrected chi connectivity index (χ0v) is 10.7. The molecule has 8 heteroatoms. The van der Waals surface area contributed by atoms with E-state index < -0.39 is 10.7 Å². The van der Waals surface area contributed by atoms with Gasteiger partial charge in [0.15, 0.2) is 0 Å². The topological polar surface area (TPSA) is 87.0 Å². The summed E-state index contributed by atoms with van der Waals surface area (Å²) in [5.74, 6) is -0.507. The molecule has 0 aliphatic rings. The molecule has 0 unspecified atom stereocenters. The normalized spacial score (nSPS) is 10.7. The molecule has 0 spiro atoms. The van der Waals surface area contributed by atoms with Gasteiger partial charge in [-0.25, -0.2) is 9.07 Å². The third-order valence-corrected chi connectivity index (χ3v) is 3.00. The maximum atomic E-state index is 12.9. The third kappa shape index (κ3) is 2.50. The van der Waals surface area contributed by atoms with Crippen LogP contribution in [0.5, 0.6) is 0 Å². The van der Waals surface area contributed by atoms with Crippen LogP contribution < -0.4 is 5.73 Å². The van der Waals surface area contributed by atoms with E-state index in [1.807, 2.05) is 0 Å². The fourth-order valence-corrected chi connectivity index (χ4v) is 1.97. The van der Waals surface area contributed by atoms with E-state index in [0.717, 1.165) is 6.07 Å². The van der Waals surface area contributed by atoms with Crippen molar-refractivity contribution in [3.05, 3.63) is 50.4 Å². The van der Waals surface area contributed by atoms with Crippen LogP contribution in [0.2, 0.25) is 5.02 Å². The number of nitrogens with two attached hydrogens (primary N) is 1. The lowest BCUT2D eigenvalue weighted by Crippen LogP contribution is -2.07. The molecule has 1 aromatic heterocycles. The molecule has 6 nitrogen and oxygen atoms in total. The molecule has 2 rings (SSSR count). The molecule has 100 valence electrons. The van der Waals surface area contributed by atoms with Crippen molar-refractivity contribution in [3.63, 3.8) is 0 Å². The highest BCUT2D eigenvalue weighted by atomic mass is 35.5. The van der Waals surface area contributed by atoms with Crippen LogP contribution >= 0.6 is 11.6 Å². The Morgan fingerprint density at radius 1 is 1.58 bits per heavy atom. The number of hydrogen-bond acceptors (Lipinski definition) is 4. The molecule has 0 aliphatic carbocycles. The van der Waals surface area contributed by atoms with Crippen molar-refractivity contribution in [2.24, 2.45) is 0 Å². The summed E-state index contributed by atoms with van der Waals surface area (Å²) in [6.07, 6.45) is 0. The molecular formula is C11H10ClFN4O2. The Kier molecular flexibility index (Phi) is 3.39. The second-order valence-electron chi connectivity index (χ2n) is 3.97. The highest BCUT2D eigenvalue weighted by Crippen LogP contribution is 2.27. The second-order valence-corrected chi connectivity index (χ2v) is 4.38. The molecule has 0 fully saturated rings. The Bertz CT molecular complexity index is 656. The van der Waals surface area contributed by atoms with E-state index in [4.69, 9.17) is 17.3 Å². The number of nitrogen functional groups attached to an aromatic ring is 1. The molecule has 2 N–H and O–H groups in total. The molecular weight excluding hydrogens is 275 g/mol. The van der Waals surface area contributed by atoms with Gasteiger partial charge in [-0.15, -0.1) is 0 Å². The van der Waals surface area contributed by atoms with Gasteiger partial charge in [-0.1, -0.05) is 17.7 Å². The van der Waals surface area contributed by atoms with Gasteiger partial charge in [0.05, 0.1) is 11.5 Å². The molecule has 2 aromatic rings. The first-order chi connectivity index (χ1) is 8.90. The summed E-state index contributed by atoms with van der Waals surface area (Å²) in [6.45, 7) is 1.64. The Morgan fingerprint density at radius 2 is 2.26 bits per heavy atom. The lowest BCUT2D eigenvalue weighted by molar-refractivity contribution is -0.384. The van der Waals surface area contributed by atoms with Crippen LogP contribution in [-0.4, -0.2) is 14.7 Å². The summed E-state index contributed by atoms with van der Waals surface area (Å²) in [5.41, 5.74) is 6.25. The second kappa shape index (κ2) is 4.85. The molecule has 0 amide bonds. The number of aryl methyl sites for hydroxylation is 1. The van der Waals surface area contributed by atoms with Crippen molar-refractivity contribution in [1.82, 2.24) is 9.78 Å². The number of hydrogen-bond donors (Lipinski definition) is 1. The number of halogens is 2. The minimum atomic E-state index is -0.583. The number of nitrogens with zero attached hydrogens (tertiary/aromatic N) is 3. The summed E-state index contributed by atoms with van der Waals surface area (Å²) in [6, 6.07) is 3.90. The molecule has 0 saturated heterocycles. The predicted molar refractivity (Wildman–Crippen MR) is 68.5 cm³/mol. The third-order valence-electron chi connectivity index (χ3n) is 2.65. The SMILES string of the molecule is Cc1nn(Cc2ccc(F)cc2Cl)c(N)c1[N+](=O)[O-]. The number of aromatic nitrogens is 2. The molecule has 0 saturated carbocycles. The Labute approximate surface area is 112 Å². The van der Waals surface area contributed by atoms with Crippen molar-refractivity contribution < 1.29 is 9.31 Å². The lowest BCUT2D eigenvalue weighted by atomic mass is 10.2. The van der Waals surface area contributed by atoms with Crippen molar-refractivity contribution in [2.45, 2.75) is 13.5 Å². The molecule has 0 bridgehead atoms. The predicted octanol–water partition coefficient (Wildman–Crippen LogP) is 2.52. The summed E-state index contributed by atoms with van der Waals surface area (Å²) >= 11 is 5.89. The van der Waals surface area contributed by atoms with Crippen LogP contribution in [0.3, 0.4) is 0 Å². The average Bonchev–Trinajstić information content (AvgIpc) is 2.58.